The van der Waals surface area contributed by atoms with Crippen LogP contribution in [0.4, 0.5) is 18.9 Å². The predicted molar refractivity (Wildman–Crippen MR) is 102 cm³/mol. The SMILES string of the molecule is C[C@@H](C(=O)NCc1ccccc1)[NH+]1CCN(c2cccc(C(F)(F)F)c2)CC1. The standard InChI is InChI=1S/C21H24F3N3O/c1-16(20(28)25-15-17-6-3-2-4-7-17)26-10-12-27(13-11-26)19-9-5-8-18(14-19)21(22,23)24/h2-9,14,16H,10-13,15H2,1H3,(H,25,28)/p+1/t16-/m0/s1. The fraction of sp³-hybridized carbons (Fsp3) is 0.381. The van der Waals surface area contributed by atoms with Gasteiger partial charge < -0.3 is 15.1 Å². The Labute approximate surface area is 162 Å². The molecule has 0 spiro atoms. The molecule has 1 aliphatic heterocycles. The van der Waals surface area contributed by atoms with Crippen molar-refractivity contribution in [2.75, 3.05) is 31.1 Å². The highest BCUT2D eigenvalue weighted by molar-refractivity contribution is 5.79. The molecular weight excluding hydrogens is 367 g/mol. The number of carbonyl (C=O) groups is 1. The van der Waals surface area contributed by atoms with Crippen LogP contribution in [-0.4, -0.2) is 38.1 Å². The summed E-state index contributed by atoms with van der Waals surface area (Å²) in [6, 6.07) is 15.0. The first kappa shape index (κ1) is 20.2. The zero-order valence-corrected chi connectivity index (χ0v) is 15.8. The topological polar surface area (TPSA) is 36.8 Å². The monoisotopic (exact) mass is 392 g/mol. The molecule has 1 aliphatic rings. The zero-order chi connectivity index (χ0) is 20.1. The Morgan fingerprint density at radius 3 is 2.43 bits per heavy atom. The van der Waals surface area contributed by atoms with Crippen molar-refractivity contribution < 1.29 is 22.9 Å². The molecule has 0 aliphatic carbocycles. The van der Waals surface area contributed by atoms with Gasteiger partial charge in [0.15, 0.2) is 6.04 Å². The Bertz CT molecular complexity index is 787. The molecule has 1 amide bonds. The average Bonchev–Trinajstić information content (AvgIpc) is 2.72. The fourth-order valence-corrected chi connectivity index (χ4v) is 3.49. The highest BCUT2D eigenvalue weighted by atomic mass is 19.4. The number of amides is 1. The van der Waals surface area contributed by atoms with Crippen LogP contribution in [0.2, 0.25) is 0 Å². The van der Waals surface area contributed by atoms with Gasteiger partial charge in [-0.05, 0) is 30.7 Å². The number of quaternary nitrogens is 1. The molecule has 2 aromatic rings. The van der Waals surface area contributed by atoms with Crippen molar-refractivity contribution in [3.8, 4) is 0 Å². The first-order chi connectivity index (χ1) is 13.3. The van der Waals surface area contributed by atoms with Crippen LogP contribution < -0.4 is 15.1 Å². The Hall–Kier alpha value is -2.54. The van der Waals surface area contributed by atoms with Gasteiger partial charge in [0, 0.05) is 12.2 Å². The third kappa shape index (κ3) is 5.04. The van der Waals surface area contributed by atoms with Crippen molar-refractivity contribution >= 4 is 11.6 Å². The molecule has 1 saturated heterocycles. The number of alkyl halides is 3. The molecule has 2 N–H and O–H groups in total. The lowest BCUT2D eigenvalue weighted by Gasteiger charge is -2.36. The molecule has 0 bridgehead atoms. The van der Waals surface area contributed by atoms with Crippen LogP contribution in [0.25, 0.3) is 0 Å². The third-order valence-corrected chi connectivity index (χ3v) is 5.26. The number of nitrogens with one attached hydrogen (secondary N) is 2. The van der Waals surface area contributed by atoms with Crippen LogP contribution >= 0.6 is 0 Å². The minimum atomic E-state index is -4.34. The number of benzene rings is 2. The van der Waals surface area contributed by atoms with Gasteiger partial charge in [0.2, 0.25) is 0 Å². The molecular formula is C21H25F3N3O+. The molecule has 28 heavy (non-hydrogen) atoms. The molecule has 7 heteroatoms. The van der Waals surface area contributed by atoms with Gasteiger partial charge in [0.1, 0.15) is 0 Å². The second kappa shape index (κ2) is 8.65. The first-order valence-corrected chi connectivity index (χ1v) is 9.43. The molecule has 0 aromatic heterocycles. The lowest BCUT2D eigenvalue weighted by Crippen LogP contribution is -3.19. The van der Waals surface area contributed by atoms with E-state index >= 15 is 0 Å². The summed E-state index contributed by atoms with van der Waals surface area (Å²) in [6.07, 6.45) is -4.34. The van der Waals surface area contributed by atoms with Gasteiger partial charge in [-0.25, -0.2) is 0 Å². The van der Waals surface area contributed by atoms with Crippen LogP contribution in [0.1, 0.15) is 18.1 Å². The Balaban J connectivity index is 1.52. The van der Waals surface area contributed by atoms with Gasteiger partial charge in [0.25, 0.3) is 5.91 Å². The highest BCUT2D eigenvalue weighted by Crippen LogP contribution is 2.31. The number of piperazine rings is 1. The van der Waals surface area contributed by atoms with E-state index in [1.807, 2.05) is 42.2 Å². The van der Waals surface area contributed by atoms with Gasteiger partial charge >= 0.3 is 6.18 Å². The summed E-state index contributed by atoms with van der Waals surface area (Å²) in [5.41, 5.74) is 0.996. The van der Waals surface area contributed by atoms with E-state index in [2.05, 4.69) is 5.32 Å². The lowest BCUT2D eigenvalue weighted by molar-refractivity contribution is -0.914. The number of hydrogen-bond acceptors (Lipinski definition) is 2. The largest absolute Gasteiger partial charge is 0.416 e. The molecule has 4 nitrogen and oxygen atoms in total. The first-order valence-electron chi connectivity index (χ1n) is 9.43. The van der Waals surface area contributed by atoms with E-state index in [-0.39, 0.29) is 11.9 Å². The zero-order valence-electron chi connectivity index (χ0n) is 15.8. The number of carbonyl (C=O) groups excluding carboxylic acids is 1. The molecule has 0 radical (unpaired) electrons. The molecule has 1 fully saturated rings. The average molecular weight is 392 g/mol. The second-order valence-corrected chi connectivity index (χ2v) is 7.12. The Kier molecular flexibility index (Phi) is 6.24. The molecule has 0 saturated carbocycles. The number of halogens is 3. The van der Waals surface area contributed by atoms with Crippen molar-refractivity contribution in [2.24, 2.45) is 0 Å². The van der Waals surface area contributed by atoms with Gasteiger partial charge in [0.05, 0.1) is 31.7 Å². The number of rotatable bonds is 5. The van der Waals surface area contributed by atoms with Crippen molar-refractivity contribution in [1.29, 1.82) is 0 Å². The molecule has 0 unspecified atom stereocenters. The van der Waals surface area contributed by atoms with E-state index in [9.17, 15) is 18.0 Å². The molecule has 3 rings (SSSR count). The van der Waals surface area contributed by atoms with Gasteiger partial charge in [-0.1, -0.05) is 36.4 Å². The highest BCUT2D eigenvalue weighted by Gasteiger charge is 2.32. The van der Waals surface area contributed by atoms with E-state index in [1.54, 1.807) is 6.07 Å². The summed E-state index contributed by atoms with van der Waals surface area (Å²) >= 11 is 0. The Morgan fingerprint density at radius 1 is 1.11 bits per heavy atom. The summed E-state index contributed by atoms with van der Waals surface area (Å²) in [6.45, 7) is 5.04. The number of nitrogens with zero attached hydrogens (tertiary/aromatic N) is 1. The van der Waals surface area contributed by atoms with E-state index in [0.717, 1.165) is 16.5 Å². The van der Waals surface area contributed by atoms with Crippen LogP contribution in [0, 0.1) is 0 Å². The van der Waals surface area contributed by atoms with Crippen LogP contribution in [0.3, 0.4) is 0 Å². The van der Waals surface area contributed by atoms with Crippen molar-refractivity contribution in [1.82, 2.24) is 5.32 Å². The second-order valence-electron chi connectivity index (χ2n) is 7.12. The minimum absolute atomic E-state index is 0.00799. The van der Waals surface area contributed by atoms with Gasteiger partial charge in [-0.15, -0.1) is 0 Å². The smallest absolute Gasteiger partial charge is 0.360 e. The fourth-order valence-electron chi connectivity index (χ4n) is 3.49. The molecule has 2 aromatic carbocycles. The van der Waals surface area contributed by atoms with E-state index in [0.29, 0.717) is 38.4 Å². The number of anilines is 1. The summed E-state index contributed by atoms with van der Waals surface area (Å²) in [4.78, 5) is 15.6. The Morgan fingerprint density at radius 2 is 1.79 bits per heavy atom. The molecule has 1 atom stereocenters. The van der Waals surface area contributed by atoms with E-state index < -0.39 is 11.7 Å². The van der Waals surface area contributed by atoms with Crippen LogP contribution in [-0.2, 0) is 17.5 Å². The normalized spacial score (nSPS) is 16.6. The van der Waals surface area contributed by atoms with Crippen molar-refractivity contribution in [2.45, 2.75) is 25.7 Å². The lowest BCUT2D eigenvalue weighted by atomic mass is 10.1. The quantitative estimate of drug-likeness (QED) is 0.818. The van der Waals surface area contributed by atoms with E-state index in [4.69, 9.17) is 0 Å². The predicted octanol–water partition coefficient (Wildman–Crippen LogP) is 2.12. The summed E-state index contributed by atoms with van der Waals surface area (Å²) in [5, 5.41) is 2.96. The van der Waals surface area contributed by atoms with Crippen molar-refractivity contribution in [3.63, 3.8) is 0 Å². The van der Waals surface area contributed by atoms with Crippen LogP contribution in [0.15, 0.2) is 54.6 Å². The number of hydrogen-bond donors (Lipinski definition) is 2. The molecule has 150 valence electrons. The van der Waals surface area contributed by atoms with Gasteiger partial charge in [-0.2, -0.15) is 13.2 Å². The van der Waals surface area contributed by atoms with E-state index in [1.165, 1.54) is 12.1 Å². The maximum Gasteiger partial charge on any atom is 0.416 e. The summed E-state index contributed by atoms with van der Waals surface area (Å²) in [7, 11) is 0. The maximum absolute atomic E-state index is 12.9. The summed E-state index contributed by atoms with van der Waals surface area (Å²) < 4.78 is 38.8. The maximum atomic E-state index is 12.9. The third-order valence-electron chi connectivity index (χ3n) is 5.26. The molecule has 1 heterocycles. The van der Waals surface area contributed by atoms with Crippen molar-refractivity contribution in [3.05, 3.63) is 65.7 Å². The minimum Gasteiger partial charge on any atom is -0.360 e. The van der Waals surface area contributed by atoms with Crippen LogP contribution in [0.5, 0.6) is 0 Å². The summed E-state index contributed by atoms with van der Waals surface area (Å²) in [5.74, 6) is -0.00799. The van der Waals surface area contributed by atoms with Gasteiger partial charge in [-0.3, -0.25) is 4.79 Å².